The third-order valence-electron chi connectivity index (χ3n) is 5.16. The molecule has 0 aromatic carbocycles. The van der Waals surface area contributed by atoms with E-state index >= 15 is 0 Å². The Morgan fingerprint density at radius 3 is 2.53 bits per heavy atom. The Labute approximate surface area is 172 Å². The van der Waals surface area contributed by atoms with Crippen LogP contribution in [0, 0.1) is 5.92 Å². The molecule has 1 atom stereocenters. The molecule has 1 aliphatic carbocycles. The average Bonchev–Trinajstić information content (AvgIpc) is 3.49. The van der Waals surface area contributed by atoms with Gasteiger partial charge in [-0.2, -0.15) is 17.5 Å². The number of aliphatic carboxylic acids is 1. The number of carboxylic acids is 1. The van der Waals surface area contributed by atoms with E-state index in [1.54, 1.807) is 18.3 Å². The second-order valence-electron chi connectivity index (χ2n) is 7.69. The van der Waals surface area contributed by atoms with E-state index in [9.17, 15) is 21.6 Å². The zero-order chi connectivity index (χ0) is 22.0. The predicted molar refractivity (Wildman–Crippen MR) is 97.1 cm³/mol. The van der Waals surface area contributed by atoms with Crippen molar-refractivity contribution in [3.63, 3.8) is 0 Å². The molecule has 1 aromatic heterocycles. The number of alkyl halides is 3. The van der Waals surface area contributed by atoms with Gasteiger partial charge in [0, 0.05) is 45.1 Å². The molecule has 0 radical (unpaired) electrons. The van der Waals surface area contributed by atoms with Gasteiger partial charge in [-0.15, -0.1) is 0 Å². The highest BCUT2D eigenvalue weighted by Crippen LogP contribution is 2.39. The number of hydrogen-bond donors (Lipinski definition) is 1. The second kappa shape index (κ2) is 8.77. The lowest BCUT2D eigenvalue weighted by Crippen LogP contribution is -2.67. The van der Waals surface area contributed by atoms with Gasteiger partial charge < -0.3 is 14.6 Å². The van der Waals surface area contributed by atoms with Crippen LogP contribution in [0.2, 0.25) is 0 Å². The van der Waals surface area contributed by atoms with E-state index in [1.807, 2.05) is 0 Å². The number of halogens is 3. The molecular weight excluding hydrogens is 429 g/mol. The largest absolute Gasteiger partial charge is 0.490 e. The van der Waals surface area contributed by atoms with Gasteiger partial charge in [0.2, 0.25) is 10.0 Å². The van der Waals surface area contributed by atoms with Crippen molar-refractivity contribution in [1.82, 2.24) is 9.29 Å². The summed E-state index contributed by atoms with van der Waals surface area (Å²) in [5.41, 5.74) is -0.359. The lowest BCUT2D eigenvalue weighted by atomic mass is 9.86. The van der Waals surface area contributed by atoms with Crippen LogP contribution in [0.25, 0.3) is 0 Å². The Hall–Kier alpha value is -1.76. The van der Waals surface area contributed by atoms with Crippen LogP contribution in [0.1, 0.15) is 25.7 Å². The summed E-state index contributed by atoms with van der Waals surface area (Å²) in [5.74, 6) is -2.01. The fraction of sp³-hybridized carbons (Fsp3) is 0.667. The Balaban J connectivity index is 0.000000318. The van der Waals surface area contributed by atoms with Gasteiger partial charge in [-0.3, -0.25) is 4.98 Å². The summed E-state index contributed by atoms with van der Waals surface area (Å²) in [7, 11) is -3.46. The van der Waals surface area contributed by atoms with Gasteiger partial charge in [0.15, 0.2) is 0 Å². The van der Waals surface area contributed by atoms with Gasteiger partial charge in [0.05, 0.1) is 11.7 Å². The first-order valence-electron chi connectivity index (χ1n) is 9.48. The third-order valence-corrected chi connectivity index (χ3v) is 6.93. The van der Waals surface area contributed by atoms with Crippen LogP contribution in [0.5, 0.6) is 0 Å². The number of ether oxygens (including phenoxy) is 2. The molecule has 3 fully saturated rings. The molecule has 1 N–H and O–H groups in total. The SMILES string of the molecule is O=C(O)C(F)(F)F.O=S(=O)(c1cccnc1)N1CC2(CC(OCC3CC3)CCO2)C1. The summed E-state index contributed by atoms with van der Waals surface area (Å²) in [6.07, 6.45) is 2.35. The number of sulfonamides is 1. The quantitative estimate of drug-likeness (QED) is 0.729. The molecular formula is C18H23F3N2O6S. The number of carboxylic acid groups (broad SMARTS) is 1. The number of aromatic nitrogens is 1. The molecule has 1 aromatic rings. The molecule has 3 heterocycles. The fourth-order valence-electron chi connectivity index (χ4n) is 3.32. The maximum atomic E-state index is 12.5. The minimum Gasteiger partial charge on any atom is -0.475 e. The maximum Gasteiger partial charge on any atom is 0.490 e. The summed E-state index contributed by atoms with van der Waals surface area (Å²) in [6, 6.07) is 3.22. The second-order valence-corrected chi connectivity index (χ2v) is 9.63. The van der Waals surface area contributed by atoms with Crippen LogP contribution in [0.3, 0.4) is 0 Å². The lowest BCUT2D eigenvalue weighted by Gasteiger charge is -2.52. The summed E-state index contributed by atoms with van der Waals surface area (Å²) < 4.78 is 70.2. The monoisotopic (exact) mass is 452 g/mol. The van der Waals surface area contributed by atoms with Crippen molar-refractivity contribution in [3.05, 3.63) is 24.5 Å². The zero-order valence-electron chi connectivity index (χ0n) is 16.0. The van der Waals surface area contributed by atoms with Gasteiger partial charge in [0.1, 0.15) is 4.90 Å². The van der Waals surface area contributed by atoms with Crippen LogP contribution in [0.15, 0.2) is 29.4 Å². The summed E-state index contributed by atoms with van der Waals surface area (Å²) in [6.45, 7) is 2.32. The molecule has 8 nitrogen and oxygen atoms in total. The Bertz CT molecular complexity index is 839. The molecule has 4 rings (SSSR count). The van der Waals surface area contributed by atoms with Gasteiger partial charge in [-0.25, -0.2) is 13.2 Å². The summed E-state index contributed by atoms with van der Waals surface area (Å²) >= 11 is 0. The summed E-state index contributed by atoms with van der Waals surface area (Å²) in [4.78, 5) is 13.0. The van der Waals surface area contributed by atoms with Crippen molar-refractivity contribution in [1.29, 1.82) is 0 Å². The van der Waals surface area contributed by atoms with Gasteiger partial charge in [0.25, 0.3) is 0 Å². The van der Waals surface area contributed by atoms with E-state index < -0.39 is 22.2 Å². The molecule has 12 heteroatoms. The van der Waals surface area contributed by atoms with E-state index in [-0.39, 0.29) is 16.6 Å². The van der Waals surface area contributed by atoms with Crippen molar-refractivity contribution < 1.29 is 41.0 Å². The smallest absolute Gasteiger partial charge is 0.475 e. The van der Waals surface area contributed by atoms with Gasteiger partial charge in [-0.05, 0) is 37.3 Å². The molecule has 2 saturated heterocycles. The zero-order valence-corrected chi connectivity index (χ0v) is 16.9. The van der Waals surface area contributed by atoms with Crippen molar-refractivity contribution in [2.75, 3.05) is 26.3 Å². The molecule has 3 aliphatic rings. The molecule has 0 amide bonds. The highest BCUT2D eigenvalue weighted by molar-refractivity contribution is 7.89. The predicted octanol–water partition coefficient (Wildman–Crippen LogP) is 2.06. The van der Waals surface area contributed by atoms with Crippen molar-refractivity contribution in [2.45, 2.75) is 48.5 Å². The lowest BCUT2D eigenvalue weighted by molar-refractivity contribution is -0.192. The van der Waals surface area contributed by atoms with Crippen molar-refractivity contribution >= 4 is 16.0 Å². The number of rotatable bonds is 5. The number of pyridine rings is 1. The topological polar surface area (TPSA) is 106 Å². The first-order chi connectivity index (χ1) is 14.0. The van der Waals surface area contributed by atoms with Crippen molar-refractivity contribution in [2.24, 2.45) is 5.92 Å². The first-order valence-corrected chi connectivity index (χ1v) is 10.9. The van der Waals surface area contributed by atoms with Crippen LogP contribution in [0.4, 0.5) is 13.2 Å². The van der Waals surface area contributed by atoms with Crippen LogP contribution in [-0.4, -0.2) is 73.0 Å². The van der Waals surface area contributed by atoms with E-state index in [0.29, 0.717) is 19.7 Å². The van der Waals surface area contributed by atoms with Crippen LogP contribution >= 0.6 is 0 Å². The normalized spacial score (nSPS) is 23.9. The molecule has 1 spiro atoms. The van der Waals surface area contributed by atoms with Gasteiger partial charge in [-0.1, -0.05) is 0 Å². The molecule has 1 saturated carbocycles. The number of nitrogens with zero attached hydrogens (tertiary/aromatic N) is 2. The highest BCUT2D eigenvalue weighted by Gasteiger charge is 2.52. The van der Waals surface area contributed by atoms with E-state index in [1.165, 1.54) is 23.3 Å². The Kier molecular flexibility index (Phi) is 6.70. The third kappa shape index (κ3) is 5.68. The Morgan fingerprint density at radius 2 is 2.00 bits per heavy atom. The molecule has 30 heavy (non-hydrogen) atoms. The van der Waals surface area contributed by atoms with E-state index in [2.05, 4.69) is 4.98 Å². The number of hydrogen-bond acceptors (Lipinski definition) is 6. The minimum absolute atomic E-state index is 0.201. The average molecular weight is 452 g/mol. The molecule has 1 unspecified atom stereocenters. The van der Waals surface area contributed by atoms with Crippen LogP contribution < -0.4 is 0 Å². The van der Waals surface area contributed by atoms with E-state index in [4.69, 9.17) is 19.4 Å². The van der Waals surface area contributed by atoms with Crippen molar-refractivity contribution in [3.8, 4) is 0 Å². The van der Waals surface area contributed by atoms with Gasteiger partial charge >= 0.3 is 12.1 Å². The molecule has 2 aliphatic heterocycles. The van der Waals surface area contributed by atoms with Crippen LogP contribution in [-0.2, 0) is 24.3 Å². The highest BCUT2D eigenvalue weighted by atomic mass is 32.2. The number of carbonyl (C=O) groups is 1. The fourth-order valence-corrected chi connectivity index (χ4v) is 4.87. The summed E-state index contributed by atoms with van der Waals surface area (Å²) in [5, 5.41) is 7.12. The Morgan fingerprint density at radius 1 is 1.33 bits per heavy atom. The first kappa shape index (κ1) is 22.9. The molecule has 0 bridgehead atoms. The standard InChI is InChI=1S/C16H22N2O4S.C2HF3O2/c19-23(20,15-2-1-6-17-9-15)18-11-16(12-18)8-14(5-7-22-16)21-10-13-3-4-13;3-2(4,5)1(6)7/h1-2,6,9,13-14H,3-5,7-8,10-12H2;(H,6,7). The molecule has 168 valence electrons. The maximum absolute atomic E-state index is 12.5. The van der Waals surface area contributed by atoms with E-state index in [0.717, 1.165) is 25.4 Å². The minimum atomic E-state index is -5.08.